The smallest absolute Gasteiger partial charge is 0.460 e. The van der Waals surface area contributed by atoms with Gasteiger partial charge in [0, 0.05) is 25.2 Å². The maximum absolute atomic E-state index is 14.2. The number of hydrogen-bond donors (Lipinski definition) is 0. The van der Waals surface area contributed by atoms with E-state index in [0.717, 1.165) is 0 Å². The van der Waals surface area contributed by atoms with Crippen molar-refractivity contribution in [2.24, 2.45) is 0 Å². The Morgan fingerprint density at radius 2 is 0.554 bits per heavy atom. The van der Waals surface area contributed by atoms with E-state index in [0.29, 0.717) is 36.7 Å². The number of carbonyl (C=O) groups excluding carboxylic acids is 2. The highest BCUT2D eigenvalue weighted by atomic mass is 19.4. The first-order valence-electron chi connectivity index (χ1n) is 18.1. The molecule has 74 heavy (non-hydrogen) atoms. The highest BCUT2D eigenvalue weighted by molar-refractivity contribution is 5.92. The molecule has 0 saturated carbocycles. The Bertz CT molecular complexity index is 2160. The lowest BCUT2D eigenvalue weighted by Crippen LogP contribution is -2.74. The number of aromatic nitrogens is 2. The summed E-state index contributed by atoms with van der Waals surface area (Å²) in [6, 6.07) is 2.34. The molecule has 2 heterocycles. The lowest BCUT2D eigenvalue weighted by molar-refractivity contribution is -0.461. The van der Waals surface area contributed by atoms with Gasteiger partial charge in [-0.3, -0.25) is 9.97 Å². The van der Waals surface area contributed by atoms with Crippen LogP contribution in [0.5, 0.6) is 0 Å². The van der Waals surface area contributed by atoms with Gasteiger partial charge < -0.3 is 9.47 Å². The minimum absolute atomic E-state index is 0.545. The van der Waals surface area contributed by atoms with Gasteiger partial charge in [-0.25, -0.2) is 9.59 Å². The van der Waals surface area contributed by atoms with Crippen LogP contribution in [0.15, 0.2) is 36.7 Å². The Balaban J connectivity index is 2.18. The molecule has 40 heteroatoms. The van der Waals surface area contributed by atoms with Crippen LogP contribution in [0.25, 0.3) is 11.4 Å². The molecule has 0 bridgehead atoms. The third-order valence-corrected chi connectivity index (χ3v) is 9.56. The van der Waals surface area contributed by atoms with Crippen molar-refractivity contribution < 1.29 is 168 Å². The molecule has 6 nitrogen and oxygen atoms in total. The van der Waals surface area contributed by atoms with Gasteiger partial charge in [-0.2, -0.15) is 149 Å². The summed E-state index contributed by atoms with van der Waals surface area (Å²) < 4.78 is 467. The van der Waals surface area contributed by atoms with Gasteiger partial charge >= 0.3 is 107 Å². The van der Waals surface area contributed by atoms with Gasteiger partial charge in [-0.1, -0.05) is 0 Å². The Morgan fingerprint density at radius 1 is 0.338 bits per heavy atom. The number of carbonyl (C=O) groups is 2. The monoisotopic (exact) mass is 1160 g/mol. The van der Waals surface area contributed by atoms with Crippen molar-refractivity contribution in [3.8, 4) is 11.4 Å². The molecule has 2 rings (SSSR count). The van der Waals surface area contributed by atoms with Gasteiger partial charge in [0.2, 0.25) is 0 Å². The molecule has 0 unspecified atom stereocenters. The Kier molecular flexibility index (Phi) is 17.1. The maximum Gasteiger partial charge on any atom is 0.460 e. The summed E-state index contributed by atoms with van der Waals surface area (Å²) in [5.74, 6) is -120. The minimum atomic E-state index is -8.88. The fourth-order valence-corrected chi connectivity index (χ4v) is 5.19. The molecule has 0 aliphatic carbocycles. The van der Waals surface area contributed by atoms with E-state index in [4.69, 9.17) is 0 Å². The number of ether oxygens (including phenoxy) is 2. The molecular formula is C34H18F34N2O4. The fraction of sp³-hybridized carbons (Fsp3) is 0.647. The highest BCUT2D eigenvalue weighted by Crippen LogP contribution is 2.66. The summed E-state index contributed by atoms with van der Waals surface area (Å²) in [4.78, 5) is 32.0. The Morgan fingerprint density at radius 3 is 0.784 bits per heavy atom. The second kappa shape index (κ2) is 19.5. The predicted octanol–water partition coefficient (Wildman–Crippen LogP) is 14.0. The molecule has 2 aromatic rings. The van der Waals surface area contributed by atoms with Crippen LogP contribution in [0.2, 0.25) is 0 Å². The molecular weight excluding hydrogens is 1150 g/mol. The molecule has 0 saturated heterocycles. The zero-order chi connectivity index (χ0) is 58.8. The van der Waals surface area contributed by atoms with Crippen LogP contribution in [0.3, 0.4) is 0 Å². The molecule has 0 aliphatic rings. The number of pyridine rings is 2. The molecule has 2 aromatic heterocycles. The summed E-state index contributed by atoms with van der Waals surface area (Å²) in [5, 5.41) is 0. The van der Waals surface area contributed by atoms with Gasteiger partial charge in [0.1, 0.15) is 0 Å². The number of rotatable bonds is 23. The maximum atomic E-state index is 14.2. The van der Waals surface area contributed by atoms with E-state index in [9.17, 15) is 159 Å². The van der Waals surface area contributed by atoms with Crippen LogP contribution in [0.4, 0.5) is 149 Å². The van der Waals surface area contributed by atoms with Crippen LogP contribution >= 0.6 is 0 Å². The fourth-order valence-electron chi connectivity index (χ4n) is 5.19. The van der Waals surface area contributed by atoms with E-state index >= 15 is 0 Å². The molecule has 0 aliphatic heterocycles. The molecule has 0 amide bonds. The molecule has 0 radical (unpaired) electrons. The average Bonchev–Trinajstić information content (AvgIpc) is 3.24. The first kappa shape index (κ1) is 65.0. The number of halogens is 34. The van der Waals surface area contributed by atoms with Crippen molar-refractivity contribution >= 4 is 11.9 Å². The summed E-state index contributed by atoms with van der Waals surface area (Å²) >= 11 is 0. The van der Waals surface area contributed by atoms with Crippen LogP contribution in [-0.2, 0) is 9.47 Å². The molecule has 0 atom stereocenters. The van der Waals surface area contributed by atoms with Crippen LogP contribution < -0.4 is 0 Å². The predicted molar refractivity (Wildman–Crippen MR) is 168 cm³/mol. The zero-order valence-electron chi connectivity index (χ0n) is 34.1. The molecule has 426 valence electrons. The molecule has 0 aromatic carbocycles. The third kappa shape index (κ3) is 10.2. The standard InChI is InChI=1S/C34H18F34N2O4/c35-19(36,21(39,40)23(43,44)25(47,48)27(51,52)29(55,56)31(59,60)33(63,64)65)5-1-9-73-17(71)13-3-7-69-15(11-13)16-12-14(4-8-70-16)18(72)74-10-2-6-20(37,38)22(41,42)24(45,46)26(49,50)28(53,54)30(57,58)32(61,62)34(66,67)68/h3-4,7-8,11-12H,1-2,5-6,9-10H2. The number of alkyl halides is 34. The van der Waals surface area contributed by atoms with Crippen molar-refractivity contribution in [1.29, 1.82) is 0 Å². The van der Waals surface area contributed by atoms with Gasteiger partial charge in [0.05, 0.1) is 35.7 Å². The van der Waals surface area contributed by atoms with Crippen molar-refractivity contribution in [2.45, 2.75) is 121 Å². The summed E-state index contributed by atoms with van der Waals surface area (Å²) in [6.07, 6.45) is -24.5. The SMILES string of the molecule is O=C(OCCCC(F)(F)C(F)(F)C(F)(F)C(F)(F)C(F)(F)C(F)(F)C(F)(F)C(F)(F)F)c1ccnc(-c2cc(C(=O)OCCCC(F)(F)C(F)(F)C(F)(F)C(F)(F)C(F)(F)C(F)(F)C(F)(F)C(F)(F)F)ccn2)c1. The summed E-state index contributed by atoms with van der Waals surface area (Å²) in [5.41, 5.74) is -2.93. The van der Waals surface area contributed by atoms with Gasteiger partial charge in [-0.15, -0.1) is 0 Å². The largest absolute Gasteiger partial charge is 0.462 e. The van der Waals surface area contributed by atoms with Crippen molar-refractivity contribution in [3.63, 3.8) is 0 Å². The number of esters is 2. The van der Waals surface area contributed by atoms with E-state index < -0.39 is 169 Å². The molecule has 0 spiro atoms. The average molecular weight is 1160 g/mol. The Labute approximate surface area is 384 Å². The van der Waals surface area contributed by atoms with E-state index in [-0.39, 0.29) is 0 Å². The Hall–Kier alpha value is -5.14. The normalized spacial score (nSPS) is 15.3. The van der Waals surface area contributed by atoms with Gasteiger partial charge in [-0.05, 0) is 37.1 Å². The second-order valence-corrected chi connectivity index (χ2v) is 14.6. The van der Waals surface area contributed by atoms with Crippen molar-refractivity contribution in [3.05, 3.63) is 47.8 Å². The van der Waals surface area contributed by atoms with Crippen molar-refractivity contribution in [1.82, 2.24) is 9.97 Å². The van der Waals surface area contributed by atoms with Crippen LogP contribution in [0.1, 0.15) is 46.4 Å². The van der Waals surface area contributed by atoms with Crippen LogP contribution in [-0.4, -0.2) is 130 Å². The van der Waals surface area contributed by atoms with E-state index in [1.165, 1.54) is 0 Å². The minimum Gasteiger partial charge on any atom is -0.462 e. The first-order valence-corrected chi connectivity index (χ1v) is 18.1. The summed E-state index contributed by atoms with van der Waals surface area (Å²) in [6.45, 7) is -3.40. The topological polar surface area (TPSA) is 78.4 Å². The summed E-state index contributed by atoms with van der Waals surface area (Å²) in [7, 11) is 0. The van der Waals surface area contributed by atoms with Crippen LogP contribution in [0, 0.1) is 0 Å². The van der Waals surface area contributed by atoms with E-state index in [1.807, 2.05) is 0 Å². The second-order valence-electron chi connectivity index (χ2n) is 14.6. The first-order chi connectivity index (χ1) is 32.4. The van der Waals surface area contributed by atoms with Gasteiger partial charge in [0.15, 0.2) is 0 Å². The number of nitrogens with zero attached hydrogens (tertiary/aromatic N) is 2. The van der Waals surface area contributed by atoms with Crippen molar-refractivity contribution in [2.75, 3.05) is 13.2 Å². The third-order valence-electron chi connectivity index (χ3n) is 9.56. The lowest BCUT2D eigenvalue weighted by Gasteiger charge is -2.42. The lowest BCUT2D eigenvalue weighted by atomic mass is 9.88. The van der Waals surface area contributed by atoms with E-state index in [2.05, 4.69) is 19.4 Å². The van der Waals surface area contributed by atoms with E-state index in [1.54, 1.807) is 0 Å². The zero-order valence-corrected chi connectivity index (χ0v) is 34.1. The molecule has 0 fully saturated rings. The highest BCUT2D eigenvalue weighted by Gasteiger charge is 2.97. The number of hydrogen-bond acceptors (Lipinski definition) is 6. The van der Waals surface area contributed by atoms with Gasteiger partial charge in [0.25, 0.3) is 0 Å². The quantitative estimate of drug-likeness (QED) is 0.0627. The molecule has 0 N–H and O–H groups in total.